The van der Waals surface area contributed by atoms with Gasteiger partial charge in [-0.15, -0.1) is 0 Å². The van der Waals surface area contributed by atoms with Crippen LogP contribution in [0.1, 0.15) is 26.4 Å². The lowest BCUT2D eigenvalue weighted by atomic mass is 10.1. The van der Waals surface area contributed by atoms with Gasteiger partial charge >= 0.3 is 11.9 Å². The number of carbonyl (C=O) groups excluding carboxylic acids is 2. The van der Waals surface area contributed by atoms with Crippen LogP contribution in [0.4, 0.5) is 0 Å². The number of pyridine rings is 1. The summed E-state index contributed by atoms with van der Waals surface area (Å²) in [6.07, 6.45) is 1.43. The van der Waals surface area contributed by atoms with Crippen LogP contribution in [0.5, 0.6) is 0 Å². The Morgan fingerprint density at radius 3 is 2.17 bits per heavy atom. The van der Waals surface area contributed by atoms with Crippen molar-refractivity contribution in [3.8, 4) is 0 Å². The molecule has 1 heterocycles. The van der Waals surface area contributed by atoms with Crippen LogP contribution in [-0.2, 0) is 11.6 Å². The highest BCUT2D eigenvalue weighted by molar-refractivity contribution is 9.38. The predicted octanol–water partition coefficient (Wildman–Crippen LogP) is 2.95. The number of aromatic nitrogens is 1. The summed E-state index contributed by atoms with van der Waals surface area (Å²) in [7, 11) is 2.43. The molecule has 8 heteroatoms. The first-order chi connectivity index (χ1) is 8.31. The average Bonchev–Trinajstić information content (AvgIpc) is 2.35. The molecule has 0 aromatic carbocycles. The van der Waals surface area contributed by atoms with Crippen LogP contribution >= 0.6 is 47.8 Å². The predicted molar refractivity (Wildman–Crippen MR) is 75.4 cm³/mol. The van der Waals surface area contributed by atoms with E-state index in [-0.39, 0.29) is 11.3 Å². The Bertz CT molecular complexity index is 485. The smallest absolute Gasteiger partial charge is 0.357 e. The summed E-state index contributed by atoms with van der Waals surface area (Å²) >= 11 is 9.89. The highest BCUT2D eigenvalue weighted by atomic mass is 80.0. The van der Waals surface area contributed by atoms with Gasteiger partial charge in [0.25, 0.3) is 0 Å². The summed E-state index contributed by atoms with van der Waals surface area (Å²) in [5, 5.41) is 0. The molecule has 1 aromatic heterocycles. The molecular formula is C10H8Br3NO4. The largest absolute Gasteiger partial charge is 0.465 e. The summed E-state index contributed by atoms with van der Waals surface area (Å²) in [5.41, 5.74) is 0.532. The molecule has 98 valence electrons. The average molecular weight is 446 g/mol. The molecule has 18 heavy (non-hydrogen) atoms. The van der Waals surface area contributed by atoms with Crippen molar-refractivity contribution < 1.29 is 19.1 Å². The molecule has 1 aromatic rings. The third-order valence-electron chi connectivity index (χ3n) is 2.00. The van der Waals surface area contributed by atoms with Gasteiger partial charge in [0.15, 0.2) is 7.84 Å². The molecular weight excluding hydrogens is 438 g/mol. The second-order valence-corrected chi connectivity index (χ2v) is 9.86. The van der Waals surface area contributed by atoms with Crippen molar-refractivity contribution in [3.05, 3.63) is 29.1 Å². The number of esters is 2. The first kappa shape index (κ1) is 15.6. The summed E-state index contributed by atoms with van der Waals surface area (Å²) in [6, 6.07) is 1.48. The van der Waals surface area contributed by atoms with Crippen molar-refractivity contribution in [2.24, 2.45) is 0 Å². The summed E-state index contributed by atoms with van der Waals surface area (Å²) in [5.74, 6) is -1.37. The second-order valence-electron chi connectivity index (χ2n) is 3.10. The van der Waals surface area contributed by atoms with Gasteiger partial charge in [0, 0.05) is 11.8 Å². The lowest BCUT2D eigenvalue weighted by Gasteiger charge is -2.14. The zero-order valence-corrected chi connectivity index (χ0v) is 14.1. The summed E-state index contributed by atoms with van der Waals surface area (Å²) < 4.78 is 8.42. The molecule has 0 N–H and O–H groups in total. The fourth-order valence-corrected chi connectivity index (χ4v) is 1.80. The van der Waals surface area contributed by atoms with E-state index in [0.29, 0.717) is 5.56 Å². The van der Waals surface area contributed by atoms with E-state index < -0.39 is 14.1 Å². The Morgan fingerprint density at radius 2 is 1.72 bits per heavy atom. The van der Waals surface area contributed by atoms with Gasteiger partial charge in [0.05, 0.1) is 19.8 Å². The van der Waals surface area contributed by atoms with Gasteiger partial charge < -0.3 is 9.47 Å². The van der Waals surface area contributed by atoms with Crippen molar-refractivity contribution in [1.29, 1.82) is 0 Å². The summed E-state index contributed by atoms with van der Waals surface area (Å²) in [6.45, 7) is 0. The maximum Gasteiger partial charge on any atom is 0.357 e. The first-order valence-electron chi connectivity index (χ1n) is 4.55. The summed E-state index contributed by atoms with van der Waals surface area (Å²) in [4.78, 5) is 27.0. The maximum atomic E-state index is 11.6. The van der Waals surface area contributed by atoms with Gasteiger partial charge in [0.2, 0.25) is 0 Å². The maximum absolute atomic E-state index is 11.6. The van der Waals surface area contributed by atoms with Gasteiger partial charge in [0.1, 0.15) is 0 Å². The molecule has 0 unspecified atom stereocenters. The number of halogens is 3. The molecule has 0 spiro atoms. The van der Waals surface area contributed by atoms with Crippen LogP contribution in [0.2, 0.25) is 0 Å². The molecule has 0 radical (unpaired) electrons. The van der Waals surface area contributed by atoms with E-state index in [0.717, 1.165) is 0 Å². The first-order valence-corrected chi connectivity index (χ1v) is 6.93. The Morgan fingerprint density at radius 1 is 1.17 bits per heavy atom. The van der Waals surface area contributed by atoms with Crippen molar-refractivity contribution in [2.45, 2.75) is 2.14 Å². The Kier molecular flexibility index (Phi) is 5.30. The number of rotatable bonds is 2. The van der Waals surface area contributed by atoms with Crippen LogP contribution in [0.15, 0.2) is 12.3 Å². The van der Waals surface area contributed by atoms with E-state index in [9.17, 15) is 9.59 Å². The standard InChI is InChI=1S/C10H8Br3NO4/c1-17-8(15)6-3-5(10(11,12)13)4-14-7(6)9(16)18-2/h3-4H,1-2H3. The molecule has 0 aliphatic carbocycles. The Balaban J connectivity index is 3.39. The van der Waals surface area contributed by atoms with Gasteiger partial charge in [-0.05, 0) is 6.07 Å². The number of ether oxygens (including phenoxy) is 2. The molecule has 0 saturated carbocycles. The van der Waals surface area contributed by atoms with E-state index in [2.05, 4.69) is 62.2 Å². The number of nitrogens with zero attached hydrogens (tertiary/aromatic N) is 1. The van der Waals surface area contributed by atoms with Crippen molar-refractivity contribution >= 4 is 59.7 Å². The van der Waals surface area contributed by atoms with Crippen LogP contribution < -0.4 is 0 Å². The van der Waals surface area contributed by atoms with E-state index in [1.807, 2.05) is 0 Å². The van der Waals surface area contributed by atoms with Crippen LogP contribution in [0.3, 0.4) is 0 Å². The molecule has 0 amide bonds. The highest BCUT2D eigenvalue weighted by Gasteiger charge is 2.27. The van der Waals surface area contributed by atoms with Crippen LogP contribution in [0.25, 0.3) is 0 Å². The highest BCUT2D eigenvalue weighted by Crippen LogP contribution is 2.44. The molecule has 1 rings (SSSR count). The molecule has 0 bridgehead atoms. The fraction of sp³-hybridized carbons (Fsp3) is 0.300. The Labute approximate surface area is 129 Å². The van der Waals surface area contributed by atoms with Gasteiger partial charge in [-0.3, -0.25) is 0 Å². The van der Waals surface area contributed by atoms with Crippen molar-refractivity contribution in [1.82, 2.24) is 4.98 Å². The van der Waals surface area contributed by atoms with Crippen molar-refractivity contribution in [3.63, 3.8) is 0 Å². The van der Waals surface area contributed by atoms with Gasteiger partial charge in [-0.1, -0.05) is 47.8 Å². The van der Waals surface area contributed by atoms with E-state index >= 15 is 0 Å². The third-order valence-corrected chi connectivity index (χ3v) is 3.37. The molecule has 0 aliphatic heterocycles. The molecule has 0 aliphatic rings. The zero-order valence-electron chi connectivity index (χ0n) is 9.37. The minimum Gasteiger partial charge on any atom is -0.465 e. The second kappa shape index (κ2) is 6.12. The topological polar surface area (TPSA) is 65.5 Å². The number of carbonyl (C=O) groups is 2. The monoisotopic (exact) mass is 443 g/mol. The lowest BCUT2D eigenvalue weighted by molar-refractivity contribution is 0.0549. The number of hydrogen-bond acceptors (Lipinski definition) is 5. The van der Waals surface area contributed by atoms with Gasteiger partial charge in [-0.25, -0.2) is 14.6 Å². The van der Waals surface area contributed by atoms with Crippen LogP contribution in [-0.4, -0.2) is 31.1 Å². The minimum atomic E-state index is -0.739. The number of methoxy groups -OCH3 is 2. The van der Waals surface area contributed by atoms with E-state index in [1.54, 1.807) is 0 Å². The number of alkyl halides is 3. The molecule has 0 fully saturated rings. The normalized spacial score (nSPS) is 10.9. The van der Waals surface area contributed by atoms with Crippen LogP contribution in [0, 0.1) is 0 Å². The SMILES string of the molecule is COC(=O)c1cc(C(Br)(Br)Br)cnc1C(=O)OC. The lowest BCUT2D eigenvalue weighted by Crippen LogP contribution is -2.15. The number of hydrogen-bond donors (Lipinski definition) is 0. The van der Waals surface area contributed by atoms with Crippen molar-refractivity contribution in [2.75, 3.05) is 14.2 Å². The van der Waals surface area contributed by atoms with E-state index in [1.165, 1.54) is 26.5 Å². The van der Waals surface area contributed by atoms with Gasteiger partial charge in [-0.2, -0.15) is 0 Å². The fourth-order valence-electron chi connectivity index (χ4n) is 1.14. The third kappa shape index (κ3) is 3.52. The molecule has 0 atom stereocenters. The molecule has 5 nitrogen and oxygen atoms in total. The van der Waals surface area contributed by atoms with E-state index in [4.69, 9.17) is 0 Å². The minimum absolute atomic E-state index is 0.0320. The quantitative estimate of drug-likeness (QED) is 0.517. The molecule has 0 saturated heterocycles. The zero-order chi connectivity index (χ0) is 13.9. The Hall–Kier alpha value is -0.470.